The molecule has 0 aliphatic carbocycles. The summed E-state index contributed by atoms with van der Waals surface area (Å²) in [5, 5.41) is 3.94. The van der Waals surface area contributed by atoms with Crippen LogP contribution in [0.5, 0.6) is 0 Å². The molecule has 0 spiro atoms. The Kier molecular flexibility index (Phi) is 5.42. The molecule has 0 aliphatic rings. The number of carbonyl (C=O) groups excluding carboxylic acids is 3. The van der Waals surface area contributed by atoms with Crippen molar-refractivity contribution in [2.45, 2.75) is 27.2 Å². The Morgan fingerprint density at radius 2 is 1.95 bits per heavy atom. The Morgan fingerprint density at radius 3 is 2.35 bits per heavy atom. The number of nitrogens with two attached hydrogens (primary N) is 1. The number of carbonyl (C=O) groups is 3. The van der Waals surface area contributed by atoms with Crippen molar-refractivity contribution < 1.29 is 14.4 Å². The van der Waals surface area contributed by atoms with Crippen LogP contribution in [0.4, 0.5) is 4.79 Å². The first-order valence-corrected chi connectivity index (χ1v) is 6.54. The van der Waals surface area contributed by atoms with Gasteiger partial charge in [0.15, 0.2) is 0 Å². The Balaban J connectivity index is 2.89. The van der Waals surface area contributed by atoms with Gasteiger partial charge in [0, 0.05) is 25.7 Å². The van der Waals surface area contributed by atoms with Crippen molar-refractivity contribution in [3.05, 3.63) is 18.0 Å². The quantitative estimate of drug-likeness (QED) is 0.764. The van der Waals surface area contributed by atoms with E-state index in [0.29, 0.717) is 18.8 Å². The predicted molar refractivity (Wildman–Crippen MR) is 73.0 cm³/mol. The lowest BCUT2D eigenvalue weighted by Gasteiger charge is -2.23. The number of aromatic nitrogens is 2. The smallest absolute Gasteiger partial charge is 0.339 e. The third kappa shape index (κ3) is 3.66. The summed E-state index contributed by atoms with van der Waals surface area (Å²) >= 11 is 0. The third-order valence-electron chi connectivity index (χ3n) is 3.15. The summed E-state index contributed by atoms with van der Waals surface area (Å²) in [6.07, 6.45) is 1.59. The average Bonchev–Trinajstić information content (AvgIpc) is 2.85. The van der Waals surface area contributed by atoms with Crippen molar-refractivity contribution in [2.24, 2.45) is 11.7 Å². The molecule has 1 atom stereocenters. The monoisotopic (exact) mass is 280 g/mol. The van der Waals surface area contributed by atoms with E-state index < -0.39 is 11.9 Å². The topological polar surface area (TPSA) is 98.3 Å². The van der Waals surface area contributed by atoms with Gasteiger partial charge in [-0.25, -0.2) is 4.79 Å². The van der Waals surface area contributed by atoms with Gasteiger partial charge in [0.2, 0.25) is 5.91 Å². The van der Waals surface area contributed by atoms with Gasteiger partial charge in [-0.2, -0.15) is 9.78 Å². The van der Waals surface area contributed by atoms with Crippen molar-refractivity contribution in [3.8, 4) is 0 Å². The summed E-state index contributed by atoms with van der Waals surface area (Å²) in [4.78, 5) is 36.5. The van der Waals surface area contributed by atoms with Gasteiger partial charge in [-0.05, 0) is 26.8 Å². The second kappa shape index (κ2) is 6.83. The highest BCUT2D eigenvalue weighted by molar-refractivity contribution is 6.00. The van der Waals surface area contributed by atoms with Crippen LogP contribution < -0.4 is 5.73 Å². The minimum atomic E-state index is -0.772. The van der Waals surface area contributed by atoms with Gasteiger partial charge >= 0.3 is 6.03 Å². The fourth-order valence-electron chi connectivity index (χ4n) is 1.96. The fraction of sp³-hybridized carbons (Fsp3) is 0.538. The zero-order chi connectivity index (χ0) is 15.3. The predicted octanol–water partition coefficient (Wildman–Crippen LogP) is 0.426. The van der Waals surface area contributed by atoms with Crippen LogP contribution in [0.2, 0.25) is 0 Å². The molecule has 1 aromatic rings. The number of ketones is 1. The number of hydrogen-bond donors (Lipinski definition) is 1. The van der Waals surface area contributed by atoms with Crippen LogP contribution in [-0.4, -0.2) is 45.5 Å². The van der Waals surface area contributed by atoms with E-state index in [2.05, 4.69) is 5.10 Å². The Morgan fingerprint density at radius 1 is 1.35 bits per heavy atom. The van der Waals surface area contributed by atoms with Crippen LogP contribution in [0.25, 0.3) is 0 Å². The van der Waals surface area contributed by atoms with Crippen LogP contribution in [0.1, 0.15) is 26.5 Å². The first kappa shape index (κ1) is 15.9. The summed E-state index contributed by atoms with van der Waals surface area (Å²) in [6.45, 7) is 6.21. The van der Waals surface area contributed by atoms with Gasteiger partial charge < -0.3 is 10.6 Å². The zero-order valence-electron chi connectivity index (χ0n) is 12.0. The largest absolute Gasteiger partial charge is 0.350 e. The van der Waals surface area contributed by atoms with Gasteiger partial charge in [0.1, 0.15) is 11.7 Å². The molecule has 1 unspecified atom stereocenters. The summed E-state index contributed by atoms with van der Waals surface area (Å²) in [7, 11) is 0. The van der Waals surface area contributed by atoms with Gasteiger partial charge in [-0.1, -0.05) is 0 Å². The van der Waals surface area contributed by atoms with Crippen molar-refractivity contribution in [3.63, 3.8) is 0 Å². The molecule has 0 fully saturated rings. The van der Waals surface area contributed by atoms with Crippen LogP contribution in [-0.2, 0) is 16.0 Å². The molecule has 110 valence electrons. The van der Waals surface area contributed by atoms with Gasteiger partial charge in [0.05, 0.1) is 5.69 Å². The summed E-state index contributed by atoms with van der Waals surface area (Å²) in [5.41, 5.74) is 5.58. The number of primary amides is 1. The van der Waals surface area contributed by atoms with Gasteiger partial charge in [0.25, 0.3) is 0 Å². The molecule has 7 heteroatoms. The lowest BCUT2D eigenvalue weighted by atomic mass is 9.97. The molecule has 0 aliphatic heterocycles. The lowest BCUT2D eigenvalue weighted by molar-refractivity contribution is -0.140. The van der Waals surface area contributed by atoms with Crippen molar-refractivity contribution in [1.82, 2.24) is 14.7 Å². The fourth-order valence-corrected chi connectivity index (χ4v) is 1.96. The Labute approximate surface area is 117 Å². The SMILES string of the molecule is CCN(CC)C(=O)C(Cc1ccn(C(N)=O)n1)C(C)=O. The highest BCUT2D eigenvalue weighted by Crippen LogP contribution is 2.12. The second-order valence-corrected chi connectivity index (χ2v) is 4.47. The van der Waals surface area contributed by atoms with Crippen molar-refractivity contribution in [1.29, 1.82) is 0 Å². The molecular weight excluding hydrogens is 260 g/mol. The summed E-state index contributed by atoms with van der Waals surface area (Å²) in [5.74, 6) is -1.20. The van der Waals surface area contributed by atoms with Crippen LogP contribution in [0.3, 0.4) is 0 Å². The summed E-state index contributed by atoms with van der Waals surface area (Å²) < 4.78 is 0.981. The van der Waals surface area contributed by atoms with E-state index in [1.54, 1.807) is 11.0 Å². The number of Topliss-reactive ketones (excluding diaryl/α,β-unsaturated/α-hetero) is 1. The van der Waals surface area contributed by atoms with Gasteiger partial charge in [-0.15, -0.1) is 0 Å². The number of nitrogens with zero attached hydrogens (tertiary/aromatic N) is 3. The van der Waals surface area contributed by atoms with Crippen molar-refractivity contribution >= 4 is 17.7 Å². The first-order chi connectivity index (χ1) is 9.40. The second-order valence-electron chi connectivity index (χ2n) is 4.47. The first-order valence-electron chi connectivity index (χ1n) is 6.54. The maximum atomic E-state index is 12.3. The number of amides is 2. The molecule has 0 saturated carbocycles. The highest BCUT2D eigenvalue weighted by atomic mass is 16.2. The Bertz CT molecular complexity index is 505. The van der Waals surface area contributed by atoms with Crippen LogP contribution >= 0.6 is 0 Å². The molecule has 2 amide bonds. The van der Waals surface area contributed by atoms with E-state index in [0.717, 1.165) is 4.68 Å². The summed E-state index contributed by atoms with van der Waals surface area (Å²) in [6, 6.07) is 0.877. The minimum absolute atomic E-state index is 0.172. The molecular formula is C13H20N4O3. The van der Waals surface area contributed by atoms with Crippen LogP contribution in [0, 0.1) is 5.92 Å². The van der Waals surface area contributed by atoms with E-state index in [9.17, 15) is 14.4 Å². The molecule has 20 heavy (non-hydrogen) atoms. The average molecular weight is 280 g/mol. The zero-order valence-corrected chi connectivity index (χ0v) is 12.0. The third-order valence-corrected chi connectivity index (χ3v) is 3.15. The van der Waals surface area contributed by atoms with E-state index in [1.807, 2.05) is 13.8 Å². The minimum Gasteiger partial charge on any atom is -0.350 e. The molecule has 0 radical (unpaired) electrons. The number of rotatable bonds is 6. The van der Waals surface area contributed by atoms with E-state index in [-0.39, 0.29) is 18.1 Å². The maximum Gasteiger partial charge on any atom is 0.339 e. The van der Waals surface area contributed by atoms with Crippen LogP contribution in [0.15, 0.2) is 12.3 Å². The number of hydrogen-bond acceptors (Lipinski definition) is 4. The highest BCUT2D eigenvalue weighted by Gasteiger charge is 2.27. The molecule has 7 nitrogen and oxygen atoms in total. The normalized spacial score (nSPS) is 11.9. The molecule has 0 bridgehead atoms. The molecule has 0 saturated heterocycles. The molecule has 1 rings (SSSR count). The van der Waals surface area contributed by atoms with E-state index in [1.165, 1.54) is 13.1 Å². The maximum absolute atomic E-state index is 12.3. The lowest BCUT2D eigenvalue weighted by Crippen LogP contribution is -2.39. The van der Waals surface area contributed by atoms with E-state index >= 15 is 0 Å². The molecule has 1 aromatic heterocycles. The molecule has 1 heterocycles. The van der Waals surface area contributed by atoms with Gasteiger partial charge in [-0.3, -0.25) is 9.59 Å². The molecule has 2 N–H and O–H groups in total. The van der Waals surface area contributed by atoms with Crippen molar-refractivity contribution in [2.75, 3.05) is 13.1 Å². The standard InChI is InChI=1S/C13H20N4O3/c1-4-16(5-2)12(19)11(9(3)18)8-10-6-7-17(15-10)13(14)20/h6-7,11H,4-5,8H2,1-3H3,(H2,14,20). The van der Waals surface area contributed by atoms with E-state index in [4.69, 9.17) is 5.73 Å². The Hall–Kier alpha value is -2.18. The molecule has 0 aromatic carbocycles.